The number of carboxylic acids is 1. The Labute approximate surface area is 168 Å². The molecule has 29 heavy (non-hydrogen) atoms. The Kier molecular flexibility index (Phi) is 9.39. The van der Waals surface area contributed by atoms with Crippen molar-refractivity contribution < 1.29 is 24.6 Å². The van der Waals surface area contributed by atoms with E-state index in [-0.39, 0.29) is 31.1 Å². The van der Waals surface area contributed by atoms with E-state index in [2.05, 4.69) is 15.6 Å². The third-order valence-electron chi connectivity index (χ3n) is 3.98. The van der Waals surface area contributed by atoms with Gasteiger partial charge in [-0.3, -0.25) is 14.6 Å². The topological polar surface area (TPSA) is 206 Å². The molecule has 3 unspecified atom stereocenters. The lowest BCUT2D eigenvalue weighted by molar-refractivity contribution is -0.142. The van der Waals surface area contributed by atoms with Gasteiger partial charge in [0.05, 0.1) is 6.04 Å². The highest BCUT2D eigenvalue weighted by Crippen LogP contribution is 2.12. The summed E-state index contributed by atoms with van der Waals surface area (Å²) in [5.41, 5.74) is 16.6. The predicted octanol–water partition coefficient (Wildman–Crippen LogP) is -1.61. The number of carbonyl (C=O) groups excluding carboxylic acids is 2. The number of nitrogens with two attached hydrogens (primary N) is 3. The minimum atomic E-state index is -1.22. The monoisotopic (exact) mass is 408 g/mol. The zero-order valence-corrected chi connectivity index (χ0v) is 16.2. The number of phenols is 1. The fourth-order valence-corrected chi connectivity index (χ4v) is 2.41. The van der Waals surface area contributed by atoms with Crippen molar-refractivity contribution in [1.82, 2.24) is 10.6 Å². The number of phenolic OH excluding ortho intramolecular Hbond substituents is 1. The van der Waals surface area contributed by atoms with E-state index in [9.17, 15) is 24.6 Å². The molecule has 10 N–H and O–H groups in total. The van der Waals surface area contributed by atoms with E-state index in [0.29, 0.717) is 12.0 Å². The van der Waals surface area contributed by atoms with Gasteiger partial charge < -0.3 is 38.0 Å². The van der Waals surface area contributed by atoms with Crippen LogP contribution >= 0.6 is 0 Å². The molecule has 0 saturated carbocycles. The Morgan fingerprint density at radius 3 is 2.17 bits per heavy atom. The van der Waals surface area contributed by atoms with Gasteiger partial charge in [0.1, 0.15) is 17.8 Å². The number of rotatable bonds is 11. The predicted molar refractivity (Wildman–Crippen MR) is 107 cm³/mol. The quantitative estimate of drug-likeness (QED) is 0.128. The number of benzene rings is 1. The molecule has 0 heterocycles. The van der Waals surface area contributed by atoms with E-state index in [1.54, 1.807) is 12.1 Å². The number of nitrogens with zero attached hydrogens (tertiary/aromatic N) is 1. The van der Waals surface area contributed by atoms with E-state index in [1.807, 2.05) is 0 Å². The molecular formula is C18H28N6O5. The van der Waals surface area contributed by atoms with Crippen molar-refractivity contribution in [3.8, 4) is 5.75 Å². The van der Waals surface area contributed by atoms with E-state index in [1.165, 1.54) is 19.1 Å². The summed E-state index contributed by atoms with van der Waals surface area (Å²) in [6.07, 6.45) is 0.528. The first-order chi connectivity index (χ1) is 13.6. The first-order valence-corrected chi connectivity index (χ1v) is 9.02. The van der Waals surface area contributed by atoms with Gasteiger partial charge in [-0.25, -0.2) is 4.79 Å². The molecule has 0 saturated heterocycles. The standard InChI is InChI=1S/C18H28N6O5/c1-10(19)15(26)24-14(9-11-4-6-12(25)7-5-11)16(27)23-13(17(28)29)3-2-8-22-18(20)21/h4-7,10,13-14,25H,2-3,8-9,19H2,1H3,(H,23,27)(H,24,26)(H,28,29)(H4,20,21,22). The molecule has 0 aliphatic carbocycles. The van der Waals surface area contributed by atoms with Gasteiger partial charge in [-0.15, -0.1) is 0 Å². The molecule has 2 amide bonds. The Morgan fingerprint density at radius 2 is 1.66 bits per heavy atom. The number of amides is 2. The number of guanidine groups is 1. The molecule has 1 rings (SSSR count). The average Bonchev–Trinajstić information content (AvgIpc) is 2.64. The zero-order chi connectivity index (χ0) is 22.0. The summed E-state index contributed by atoms with van der Waals surface area (Å²) in [6, 6.07) is 3.02. The summed E-state index contributed by atoms with van der Waals surface area (Å²) in [7, 11) is 0. The summed E-state index contributed by atoms with van der Waals surface area (Å²) in [4.78, 5) is 39.9. The van der Waals surface area contributed by atoms with Crippen LogP contribution in [0.1, 0.15) is 25.3 Å². The SMILES string of the molecule is CC(N)C(=O)NC(Cc1ccc(O)cc1)C(=O)NC(CCCN=C(N)N)C(=O)O. The van der Waals surface area contributed by atoms with Gasteiger partial charge in [0.15, 0.2) is 5.96 Å². The van der Waals surface area contributed by atoms with Gasteiger partial charge in [-0.2, -0.15) is 0 Å². The molecule has 3 atom stereocenters. The lowest BCUT2D eigenvalue weighted by atomic mass is 10.0. The molecular weight excluding hydrogens is 380 g/mol. The van der Waals surface area contributed by atoms with E-state index >= 15 is 0 Å². The second kappa shape index (κ2) is 11.5. The van der Waals surface area contributed by atoms with Crippen molar-refractivity contribution in [2.75, 3.05) is 6.54 Å². The number of carbonyl (C=O) groups is 3. The first-order valence-electron chi connectivity index (χ1n) is 9.02. The van der Waals surface area contributed by atoms with Crippen LogP contribution in [0.25, 0.3) is 0 Å². The number of carboxylic acid groups (broad SMARTS) is 1. The summed E-state index contributed by atoms with van der Waals surface area (Å²) in [5.74, 6) is -2.48. The molecule has 1 aromatic carbocycles. The highest BCUT2D eigenvalue weighted by Gasteiger charge is 2.27. The number of aliphatic carboxylic acids is 1. The van der Waals surface area contributed by atoms with Crippen LogP contribution in [-0.4, -0.2) is 58.6 Å². The molecule has 0 bridgehead atoms. The molecule has 0 fully saturated rings. The molecule has 0 radical (unpaired) electrons. The van der Waals surface area contributed by atoms with Crippen LogP contribution in [0.5, 0.6) is 5.75 Å². The Bertz CT molecular complexity index is 731. The Morgan fingerprint density at radius 1 is 1.07 bits per heavy atom. The van der Waals surface area contributed by atoms with Crippen LogP contribution < -0.4 is 27.8 Å². The maximum absolute atomic E-state index is 12.7. The van der Waals surface area contributed by atoms with Gasteiger partial charge in [-0.05, 0) is 37.5 Å². The van der Waals surface area contributed by atoms with Crippen LogP contribution in [0.4, 0.5) is 0 Å². The Hall–Kier alpha value is -3.34. The van der Waals surface area contributed by atoms with Crippen molar-refractivity contribution in [3.05, 3.63) is 29.8 Å². The molecule has 0 aliphatic heterocycles. The van der Waals surface area contributed by atoms with Crippen molar-refractivity contribution >= 4 is 23.7 Å². The summed E-state index contributed by atoms with van der Waals surface area (Å²) >= 11 is 0. The molecule has 11 heteroatoms. The number of aliphatic imine (C=N–C) groups is 1. The lowest BCUT2D eigenvalue weighted by Crippen LogP contribution is -2.54. The molecule has 0 aliphatic rings. The van der Waals surface area contributed by atoms with E-state index in [0.717, 1.165) is 0 Å². The molecule has 160 valence electrons. The fourth-order valence-electron chi connectivity index (χ4n) is 2.41. The van der Waals surface area contributed by atoms with Gasteiger partial charge in [0, 0.05) is 13.0 Å². The van der Waals surface area contributed by atoms with Crippen LogP contribution in [0.15, 0.2) is 29.3 Å². The lowest BCUT2D eigenvalue weighted by Gasteiger charge is -2.22. The summed E-state index contributed by atoms with van der Waals surface area (Å²) < 4.78 is 0. The van der Waals surface area contributed by atoms with Crippen molar-refractivity contribution in [1.29, 1.82) is 0 Å². The van der Waals surface area contributed by atoms with Crippen LogP contribution in [-0.2, 0) is 20.8 Å². The average molecular weight is 408 g/mol. The zero-order valence-electron chi connectivity index (χ0n) is 16.2. The number of hydrogen-bond donors (Lipinski definition) is 7. The fraction of sp³-hybridized carbons (Fsp3) is 0.444. The van der Waals surface area contributed by atoms with E-state index < -0.39 is 35.9 Å². The highest BCUT2D eigenvalue weighted by molar-refractivity contribution is 5.91. The second-order valence-corrected chi connectivity index (χ2v) is 6.57. The van der Waals surface area contributed by atoms with Gasteiger partial charge in [-0.1, -0.05) is 12.1 Å². The molecule has 11 nitrogen and oxygen atoms in total. The van der Waals surface area contributed by atoms with Gasteiger partial charge in [0.2, 0.25) is 11.8 Å². The van der Waals surface area contributed by atoms with Crippen molar-refractivity contribution in [2.45, 2.75) is 44.3 Å². The van der Waals surface area contributed by atoms with Crippen molar-refractivity contribution in [3.63, 3.8) is 0 Å². The summed E-state index contributed by atoms with van der Waals surface area (Å²) in [6.45, 7) is 1.69. The molecule has 1 aromatic rings. The number of nitrogens with one attached hydrogen (secondary N) is 2. The van der Waals surface area contributed by atoms with Crippen LogP contribution in [0.2, 0.25) is 0 Å². The second-order valence-electron chi connectivity index (χ2n) is 6.57. The van der Waals surface area contributed by atoms with Crippen LogP contribution in [0, 0.1) is 0 Å². The minimum absolute atomic E-state index is 0.0566. The number of aromatic hydroxyl groups is 1. The maximum Gasteiger partial charge on any atom is 0.326 e. The largest absolute Gasteiger partial charge is 0.508 e. The maximum atomic E-state index is 12.7. The third-order valence-corrected chi connectivity index (χ3v) is 3.98. The van der Waals surface area contributed by atoms with Crippen molar-refractivity contribution in [2.24, 2.45) is 22.2 Å². The van der Waals surface area contributed by atoms with Crippen LogP contribution in [0.3, 0.4) is 0 Å². The minimum Gasteiger partial charge on any atom is -0.508 e. The molecule has 0 aromatic heterocycles. The normalized spacial score (nSPS) is 13.6. The highest BCUT2D eigenvalue weighted by atomic mass is 16.4. The van der Waals surface area contributed by atoms with E-state index in [4.69, 9.17) is 17.2 Å². The smallest absolute Gasteiger partial charge is 0.326 e. The third kappa shape index (κ3) is 8.93. The Balaban J connectivity index is 2.86. The number of hydrogen-bond acceptors (Lipinski definition) is 6. The summed E-state index contributed by atoms with van der Waals surface area (Å²) in [5, 5.41) is 23.7. The molecule has 0 spiro atoms. The van der Waals surface area contributed by atoms with Gasteiger partial charge in [0.25, 0.3) is 0 Å². The first kappa shape index (κ1) is 23.7. The van der Waals surface area contributed by atoms with Gasteiger partial charge >= 0.3 is 5.97 Å².